The zero-order chi connectivity index (χ0) is 18.4. The molecule has 0 amide bonds. The smallest absolute Gasteiger partial charge is 1.00 e. The number of hydrogen-bond donors (Lipinski definition) is 0. The van der Waals surface area contributed by atoms with Crippen molar-refractivity contribution >= 4 is 3.21 Å². The van der Waals surface area contributed by atoms with Crippen molar-refractivity contribution in [1.29, 1.82) is 0 Å². The fourth-order valence-corrected chi connectivity index (χ4v) is 11.7. The summed E-state index contributed by atoms with van der Waals surface area (Å²) < 4.78 is 5.40. The summed E-state index contributed by atoms with van der Waals surface area (Å²) in [6.07, 6.45) is 7.47. The van der Waals surface area contributed by atoms with E-state index < -0.39 is 21.3 Å². The van der Waals surface area contributed by atoms with Gasteiger partial charge in [-0.1, -0.05) is 0 Å². The summed E-state index contributed by atoms with van der Waals surface area (Å²) >= 11 is -1.88. The molecule has 2 aliphatic rings. The maximum atomic E-state index is 2.50. The standard InChI is InChI=1S/2C10H15.C3H6.2ClH.Zr/c2*1-8-5-6-9(7-8)10(2,3)4;1-3-2;;;/h2*7H,6H2,1-4H3;1-2H3;2*1H;/q;;;;;+2/p-2. The van der Waals surface area contributed by atoms with Gasteiger partial charge in [0.25, 0.3) is 0 Å². The third kappa shape index (κ3) is 5.65. The summed E-state index contributed by atoms with van der Waals surface area (Å²) in [4.78, 5) is 0. The minimum atomic E-state index is -1.88. The molecule has 0 aromatic rings. The van der Waals surface area contributed by atoms with E-state index in [4.69, 9.17) is 0 Å². The average Bonchev–Trinajstić information content (AvgIpc) is 2.94. The van der Waals surface area contributed by atoms with Gasteiger partial charge in [0, 0.05) is 0 Å². The molecule has 0 atom stereocenters. The van der Waals surface area contributed by atoms with Crippen molar-refractivity contribution in [3.05, 3.63) is 41.0 Å². The fraction of sp³-hybridized carbons (Fsp3) is 0.609. The van der Waals surface area contributed by atoms with Gasteiger partial charge in [0.2, 0.25) is 0 Å². The van der Waals surface area contributed by atoms with Crippen LogP contribution in [-0.4, -0.2) is 3.21 Å². The Labute approximate surface area is 182 Å². The summed E-state index contributed by atoms with van der Waals surface area (Å²) in [7, 11) is 0. The maximum Gasteiger partial charge on any atom is -1.00 e. The van der Waals surface area contributed by atoms with Crippen LogP contribution in [0, 0.1) is 10.8 Å². The Kier molecular flexibility index (Phi) is 9.30. The van der Waals surface area contributed by atoms with Crippen LogP contribution < -0.4 is 24.8 Å². The SMILES string of the molecule is CC1=[C]([Zr+2]([C]2=C(C)C=C(C(C)(C)C)C2)=[C](C)C)CC(C(C)(C)C)=C1.[Cl-].[Cl-]. The molecule has 0 unspecified atom stereocenters. The number of allylic oxidation sites excluding steroid dienone is 8. The molecular weight excluding hydrogens is 438 g/mol. The first-order valence-electron chi connectivity index (χ1n) is 9.32. The molecule has 0 aromatic carbocycles. The predicted molar refractivity (Wildman–Crippen MR) is 106 cm³/mol. The van der Waals surface area contributed by atoms with Crippen molar-refractivity contribution in [2.75, 3.05) is 0 Å². The van der Waals surface area contributed by atoms with Gasteiger partial charge in [-0.3, -0.25) is 0 Å². The van der Waals surface area contributed by atoms with E-state index in [1.165, 1.54) is 12.8 Å². The Morgan fingerprint density at radius 3 is 1.23 bits per heavy atom. The van der Waals surface area contributed by atoms with Crippen LogP contribution in [0.5, 0.6) is 0 Å². The molecule has 0 heterocycles. The normalized spacial score (nSPS) is 17.3. The van der Waals surface area contributed by atoms with Crippen LogP contribution in [0.2, 0.25) is 0 Å². The van der Waals surface area contributed by atoms with E-state index >= 15 is 0 Å². The van der Waals surface area contributed by atoms with E-state index in [1.54, 1.807) is 25.5 Å². The third-order valence-electron chi connectivity index (χ3n) is 5.50. The average molecular weight is 475 g/mol. The van der Waals surface area contributed by atoms with Crippen LogP contribution in [0.25, 0.3) is 0 Å². The molecule has 2 aliphatic carbocycles. The third-order valence-corrected chi connectivity index (χ3v) is 13.7. The molecule has 0 radical (unpaired) electrons. The summed E-state index contributed by atoms with van der Waals surface area (Å²) in [5, 5.41) is 0. The molecule has 0 bridgehead atoms. The van der Waals surface area contributed by atoms with Gasteiger partial charge in [-0.25, -0.2) is 0 Å². The van der Waals surface area contributed by atoms with E-state index in [-0.39, 0.29) is 24.8 Å². The predicted octanol–water partition coefficient (Wildman–Crippen LogP) is 1.13. The van der Waals surface area contributed by atoms with Gasteiger partial charge in [-0.05, 0) is 0 Å². The van der Waals surface area contributed by atoms with Crippen LogP contribution in [0.4, 0.5) is 0 Å². The molecule has 3 heteroatoms. The van der Waals surface area contributed by atoms with Crippen LogP contribution >= 0.6 is 0 Å². The van der Waals surface area contributed by atoms with E-state index in [1.807, 2.05) is 6.56 Å². The van der Waals surface area contributed by atoms with Gasteiger partial charge in [-0.15, -0.1) is 0 Å². The number of halogens is 2. The molecule has 0 saturated heterocycles. The van der Waals surface area contributed by atoms with Crippen molar-refractivity contribution in [2.24, 2.45) is 10.8 Å². The zero-order valence-electron chi connectivity index (χ0n) is 18.3. The van der Waals surface area contributed by atoms with Crippen LogP contribution in [0.1, 0.15) is 82.1 Å². The Bertz CT molecular complexity index is 654. The second-order valence-electron chi connectivity index (χ2n) is 9.89. The first-order chi connectivity index (χ1) is 10.8. The second-order valence-corrected chi connectivity index (χ2v) is 17.2. The Hall–Kier alpha value is 0.293. The van der Waals surface area contributed by atoms with Gasteiger partial charge in [0.15, 0.2) is 0 Å². The molecule has 0 aliphatic heterocycles. The number of rotatable bonds is 2. The van der Waals surface area contributed by atoms with Crippen molar-refractivity contribution < 1.29 is 46.1 Å². The minimum absolute atomic E-state index is 0. The van der Waals surface area contributed by atoms with Gasteiger partial charge < -0.3 is 24.8 Å². The molecule has 0 spiro atoms. The topological polar surface area (TPSA) is 0 Å². The summed E-state index contributed by atoms with van der Waals surface area (Å²) in [6, 6.07) is 0. The van der Waals surface area contributed by atoms with E-state index in [2.05, 4.69) is 81.4 Å². The van der Waals surface area contributed by atoms with Crippen LogP contribution in [-0.2, 0) is 21.3 Å². The monoisotopic (exact) mass is 472 g/mol. The molecule has 26 heavy (non-hydrogen) atoms. The van der Waals surface area contributed by atoms with Crippen LogP contribution in [0.3, 0.4) is 0 Å². The summed E-state index contributed by atoms with van der Waals surface area (Å²) in [5.41, 5.74) is 7.03. The van der Waals surface area contributed by atoms with Crippen molar-refractivity contribution in [2.45, 2.75) is 82.1 Å². The molecule has 2 rings (SSSR count). The number of hydrogen-bond acceptors (Lipinski definition) is 0. The zero-order valence-corrected chi connectivity index (χ0v) is 22.3. The quantitative estimate of drug-likeness (QED) is 0.563. The minimum Gasteiger partial charge on any atom is -1.00 e. The van der Waals surface area contributed by atoms with Crippen molar-refractivity contribution in [3.63, 3.8) is 0 Å². The Morgan fingerprint density at radius 1 is 0.731 bits per heavy atom. The summed E-state index contributed by atoms with van der Waals surface area (Å²) in [6.45, 7) is 23.7. The first kappa shape index (κ1) is 26.3. The Morgan fingerprint density at radius 2 is 1.04 bits per heavy atom. The van der Waals surface area contributed by atoms with Gasteiger partial charge in [-0.2, -0.15) is 0 Å². The van der Waals surface area contributed by atoms with E-state index in [9.17, 15) is 0 Å². The van der Waals surface area contributed by atoms with Crippen molar-refractivity contribution in [3.8, 4) is 0 Å². The van der Waals surface area contributed by atoms with Gasteiger partial charge >= 0.3 is 158 Å². The maximum absolute atomic E-state index is 2.50. The van der Waals surface area contributed by atoms with Crippen LogP contribution in [0.15, 0.2) is 41.0 Å². The largest absolute Gasteiger partial charge is 1.00 e. The van der Waals surface area contributed by atoms with E-state index in [0.29, 0.717) is 10.8 Å². The molecule has 0 N–H and O–H groups in total. The first-order valence-corrected chi connectivity index (χ1v) is 13.0. The summed E-state index contributed by atoms with van der Waals surface area (Å²) in [5.74, 6) is 0. The second kappa shape index (κ2) is 9.19. The van der Waals surface area contributed by atoms with E-state index in [0.717, 1.165) is 0 Å². The molecule has 146 valence electrons. The molecule has 0 aromatic heterocycles. The van der Waals surface area contributed by atoms with Gasteiger partial charge in [0.05, 0.1) is 0 Å². The molecule has 0 nitrogen and oxygen atoms in total. The molecule has 0 saturated carbocycles. The van der Waals surface area contributed by atoms with Crippen molar-refractivity contribution in [1.82, 2.24) is 0 Å². The Balaban J connectivity index is 0.00000312. The molecular formula is C23H36Cl2Zr. The fourth-order valence-electron chi connectivity index (χ4n) is 3.78. The van der Waals surface area contributed by atoms with Gasteiger partial charge in [0.1, 0.15) is 0 Å². The molecule has 0 fully saturated rings.